The van der Waals surface area contributed by atoms with Gasteiger partial charge in [-0.1, -0.05) is 19.3 Å². The lowest BCUT2D eigenvalue weighted by atomic mass is 9.83. The van der Waals surface area contributed by atoms with E-state index >= 15 is 0 Å². The summed E-state index contributed by atoms with van der Waals surface area (Å²) in [7, 11) is 1.97. The molecule has 2 nitrogen and oxygen atoms in total. The Morgan fingerprint density at radius 2 is 2.25 bits per heavy atom. The van der Waals surface area contributed by atoms with Crippen molar-refractivity contribution in [3.05, 3.63) is 0 Å². The van der Waals surface area contributed by atoms with Gasteiger partial charge in [-0.25, -0.2) is 0 Å². The van der Waals surface area contributed by atoms with Gasteiger partial charge >= 0.3 is 0 Å². The molecule has 0 aromatic heterocycles. The molecule has 1 atom stereocenters. The lowest BCUT2D eigenvalue weighted by molar-refractivity contribution is 0.0937. The first kappa shape index (κ1) is 10.0. The molecule has 0 aromatic carbocycles. The summed E-state index contributed by atoms with van der Waals surface area (Å²) in [6.07, 6.45) is 5.59. The average Bonchev–Trinajstić information content (AvgIpc) is 2.00. The van der Waals surface area contributed by atoms with Crippen molar-refractivity contribution < 1.29 is 4.74 Å². The zero-order valence-corrected chi connectivity index (χ0v) is 8.31. The molecule has 1 saturated carbocycles. The summed E-state index contributed by atoms with van der Waals surface area (Å²) in [5.41, 5.74) is 0. The molecular formula is C10H21NO. The van der Waals surface area contributed by atoms with Crippen molar-refractivity contribution in [2.75, 3.05) is 20.3 Å². The fraction of sp³-hybridized carbons (Fsp3) is 1.00. The van der Waals surface area contributed by atoms with E-state index < -0.39 is 0 Å². The highest BCUT2D eigenvalue weighted by atomic mass is 16.5. The summed E-state index contributed by atoms with van der Waals surface area (Å²) >= 11 is 0. The van der Waals surface area contributed by atoms with Crippen molar-refractivity contribution in [1.29, 1.82) is 0 Å². The van der Waals surface area contributed by atoms with Crippen molar-refractivity contribution in [2.24, 2.45) is 5.92 Å². The molecule has 12 heavy (non-hydrogen) atoms. The highest BCUT2D eigenvalue weighted by Gasteiger charge is 2.16. The van der Waals surface area contributed by atoms with Gasteiger partial charge in [-0.05, 0) is 26.3 Å². The Morgan fingerprint density at radius 3 is 2.75 bits per heavy atom. The molecule has 0 bridgehead atoms. The second-order valence-corrected chi connectivity index (χ2v) is 3.85. The summed E-state index contributed by atoms with van der Waals surface area (Å²) in [5, 5.41) is 3.16. The quantitative estimate of drug-likeness (QED) is 0.615. The molecule has 1 N–H and O–H groups in total. The van der Waals surface area contributed by atoms with Crippen LogP contribution in [0.1, 0.15) is 32.6 Å². The van der Waals surface area contributed by atoms with Crippen LogP contribution < -0.4 is 5.32 Å². The van der Waals surface area contributed by atoms with E-state index in [1.54, 1.807) is 0 Å². The van der Waals surface area contributed by atoms with E-state index in [9.17, 15) is 0 Å². The molecule has 0 heterocycles. The molecule has 0 radical (unpaired) electrons. The lowest BCUT2D eigenvalue weighted by Gasteiger charge is -2.25. The highest BCUT2D eigenvalue weighted by Crippen LogP contribution is 2.28. The molecule has 0 aliphatic heterocycles. The number of hydrogen-bond donors (Lipinski definition) is 1. The Balaban J connectivity index is 1.82. The van der Waals surface area contributed by atoms with Crippen LogP contribution in [0.2, 0.25) is 0 Å². The Morgan fingerprint density at radius 1 is 1.50 bits per heavy atom. The van der Waals surface area contributed by atoms with Gasteiger partial charge in [0.25, 0.3) is 0 Å². The molecule has 1 unspecified atom stereocenters. The van der Waals surface area contributed by atoms with E-state index in [0.717, 1.165) is 19.1 Å². The summed E-state index contributed by atoms with van der Waals surface area (Å²) in [4.78, 5) is 0. The zero-order valence-electron chi connectivity index (χ0n) is 8.31. The second-order valence-electron chi connectivity index (χ2n) is 3.85. The summed E-state index contributed by atoms with van der Waals surface area (Å²) in [6, 6.07) is 0.492. The maximum atomic E-state index is 5.53. The van der Waals surface area contributed by atoms with Crippen molar-refractivity contribution >= 4 is 0 Å². The third-order valence-electron chi connectivity index (χ3n) is 2.76. The first-order valence-corrected chi connectivity index (χ1v) is 5.08. The minimum absolute atomic E-state index is 0.492. The number of nitrogens with one attached hydrogen (secondary N) is 1. The van der Waals surface area contributed by atoms with Crippen LogP contribution in [0.4, 0.5) is 0 Å². The predicted octanol–water partition coefficient (Wildman–Crippen LogP) is 1.80. The van der Waals surface area contributed by atoms with E-state index in [1.165, 1.54) is 25.7 Å². The van der Waals surface area contributed by atoms with Gasteiger partial charge in [0.2, 0.25) is 0 Å². The zero-order chi connectivity index (χ0) is 8.81. The van der Waals surface area contributed by atoms with Gasteiger partial charge in [0.05, 0.1) is 6.61 Å². The van der Waals surface area contributed by atoms with Crippen LogP contribution >= 0.6 is 0 Å². The van der Waals surface area contributed by atoms with Crippen molar-refractivity contribution in [3.8, 4) is 0 Å². The van der Waals surface area contributed by atoms with Crippen LogP contribution in [0, 0.1) is 5.92 Å². The maximum Gasteiger partial charge on any atom is 0.0616 e. The van der Waals surface area contributed by atoms with Gasteiger partial charge < -0.3 is 10.1 Å². The van der Waals surface area contributed by atoms with Gasteiger partial charge in [0, 0.05) is 12.6 Å². The Labute approximate surface area is 75.7 Å². The minimum Gasteiger partial charge on any atom is -0.380 e. The smallest absolute Gasteiger partial charge is 0.0616 e. The Bertz CT molecular complexity index is 106. The van der Waals surface area contributed by atoms with Crippen molar-refractivity contribution in [1.82, 2.24) is 5.32 Å². The SMILES string of the molecule is CNC(C)COCCC1CCC1. The lowest BCUT2D eigenvalue weighted by Crippen LogP contribution is -2.27. The third-order valence-corrected chi connectivity index (χ3v) is 2.76. The van der Waals surface area contributed by atoms with Crippen LogP contribution in [-0.2, 0) is 4.74 Å². The van der Waals surface area contributed by atoms with E-state index in [2.05, 4.69) is 12.2 Å². The molecule has 72 valence electrons. The van der Waals surface area contributed by atoms with Crippen LogP contribution in [0.15, 0.2) is 0 Å². The van der Waals surface area contributed by atoms with Crippen molar-refractivity contribution in [3.63, 3.8) is 0 Å². The number of likely N-dealkylation sites (N-methyl/N-ethyl adjacent to an activating group) is 1. The molecule has 1 aliphatic carbocycles. The molecular weight excluding hydrogens is 150 g/mol. The van der Waals surface area contributed by atoms with Gasteiger partial charge in [0.15, 0.2) is 0 Å². The monoisotopic (exact) mass is 171 g/mol. The first-order valence-electron chi connectivity index (χ1n) is 5.08. The minimum atomic E-state index is 0.492. The van der Waals surface area contributed by atoms with Gasteiger partial charge in [-0.3, -0.25) is 0 Å². The predicted molar refractivity (Wildman–Crippen MR) is 51.3 cm³/mol. The van der Waals surface area contributed by atoms with Crippen LogP contribution in [-0.4, -0.2) is 26.3 Å². The molecule has 0 aromatic rings. The first-order chi connectivity index (χ1) is 5.83. The van der Waals surface area contributed by atoms with Gasteiger partial charge in [0.1, 0.15) is 0 Å². The molecule has 1 aliphatic rings. The number of ether oxygens (including phenoxy) is 1. The van der Waals surface area contributed by atoms with E-state index in [0.29, 0.717) is 6.04 Å². The molecule has 2 heteroatoms. The molecule has 0 spiro atoms. The van der Waals surface area contributed by atoms with Gasteiger partial charge in [-0.2, -0.15) is 0 Å². The molecule has 0 saturated heterocycles. The summed E-state index contributed by atoms with van der Waals surface area (Å²) in [5.74, 6) is 0.981. The maximum absolute atomic E-state index is 5.53. The van der Waals surface area contributed by atoms with Gasteiger partial charge in [-0.15, -0.1) is 0 Å². The fourth-order valence-electron chi connectivity index (χ4n) is 1.37. The summed E-state index contributed by atoms with van der Waals surface area (Å²) in [6.45, 7) is 3.95. The standard InChI is InChI=1S/C10H21NO/c1-9(11-2)8-12-7-6-10-4-3-5-10/h9-11H,3-8H2,1-2H3. The largest absolute Gasteiger partial charge is 0.380 e. The third kappa shape index (κ3) is 3.55. The van der Waals surface area contributed by atoms with Crippen molar-refractivity contribution in [2.45, 2.75) is 38.6 Å². The highest BCUT2D eigenvalue weighted by molar-refractivity contribution is 4.68. The number of rotatable bonds is 6. The second kappa shape index (κ2) is 5.55. The Kier molecular flexibility index (Phi) is 4.62. The average molecular weight is 171 g/mol. The number of hydrogen-bond acceptors (Lipinski definition) is 2. The topological polar surface area (TPSA) is 21.3 Å². The van der Waals surface area contributed by atoms with E-state index in [-0.39, 0.29) is 0 Å². The van der Waals surface area contributed by atoms with Crippen LogP contribution in [0.25, 0.3) is 0 Å². The van der Waals surface area contributed by atoms with Crippen LogP contribution in [0.3, 0.4) is 0 Å². The Hall–Kier alpha value is -0.0800. The summed E-state index contributed by atoms with van der Waals surface area (Å²) < 4.78 is 5.53. The van der Waals surface area contributed by atoms with E-state index in [4.69, 9.17) is 4.74 Å². The molecule has 1 rings (SSSR count). The van der Waals surface area contributed by atoms with Crippen LogP contribution in [0.5, 0.6) is 0 Å². The fourth-order valence-corrected chi connectivity index (χ4v) is 1.37. The molecule has 1 fully saturated rings. The molecule has 0 amide bonds. The normalized spacial score (nSPS) is 20.5. The van der Waals surface area contributed by atoms with E-state index in [1.807, 2.05) is 7.05 Å².